The first-order valence-corrected chi connectivity index (χ1v) is 11.4. The molecule has 0 aliphatic heterocycles. The van der Waals surface area contributed by atoms with Gasteiger partial charge < -0.3 is 14.7 Å². The van der Waals surface area contributed by atoms with E-state index in [0.29, 0.717) is 17.9 Å². The third-order valence-corrected chi connectivity index (χ3v) is 5.76. The van der Waals surface area contributed by atoms with Gasteiger partial charge in [0.1, 0.15) is 11.5 Å². The Bertz CT molecular complexity index is 825. The van der Waals surface area contributed by atoms with Crippen molar-refractivity contribution in [3.05, 3.63) is 34.9 Å². The van der Waals surface area contributed by atoms with Gasteiger partial charge in [-0.2, -0.15) is 0 Å². The van der Waals surface area contributed by atoms with Gasteiger partial charge in [-0.25, -0.2) is 0 Å². The van der Waals surface area contributed by atoms with Crippen molar-refractivity contribution < 1.29 is 24.3 Å². The number of allylic oxidation sites excluding steroid dienone is 2. The Hall–Kier alpha value is -2.63. The molecule has 0 saturated heterocycles. The first kappa shape index (κ1) is 24.6. The molecule has 0 atom stereocenters. The van der Waals surface area contributed by atoms with Crippen molar-refractivity contribution in [3.8, 4) is 11.5 Å². The summed E-state index contributed by atoms with van der Waals surface area (Å²) in [4.78, 5) is 25.9. The molecular formula is C25H35NO5. The van der Waals surface area contributed by atoms with Crippen molar-refractivity contribution in [3.63, 3.8) is 0 Å². The molecule has 6 heteroatoms. The van der Waals surface area contributed by atoms with Gasteiger partial charge in [0.05, 0.1) is 36.6 Å². The highest BCUT2D eigenvalue weighted by Crippen LogP contribution is 2.36. The van der Waals surface area contributed by atoms with Gasteiger partial charge in [0.15, 0.2) is 11.6 Å². The van der Waals surface area contributed by atoms with Crippen LogP contribution >= 0.6 is 0 Å². The Morgan fingerprint density at radius 1 is 0.839 bits per heavy atom. The van der Waals surface area contributed by atoms with Crippen molar-refractivity contribution in [1.29, 1.82) is 0 Å². The van der Waals surface area contributed by atoms with Crippen LogP contribution in [-0.4, -0.2) is 36.7 Å². The number of rotatable bonds is 14. The molecule has 1 aliphatic rings. The van der Waals surface area contributed by atoms with E-state index in [1.54, 1.807) is 12.1 Å². The molecule has 0 saturated carbocycles. The van der Waals surface area contributed by atoms with Gasteiger partial charge >= 0.3 is 0 Å². The molecule has 0 bridgehead atoms. The second-order valence-electron chi connectivity index (χ2n) is 7.95. The number of fused-ring (bicyclic) bond motifs is 1. The van der Waals surface area contributed by atoms with E-state index in [4.69, 9.17) is 9.47 Å². The molecule has 0 radical (unpaired) electrons. The van der Waals surface area contributed by atoms with Crippen molar-refractivity contribution in [2.45, 2.75) is 77.6 Å². The summed E-state index contributed by atoms with van der Waals surface area (Å²) in [5.74, 6) is -0.118. The molecule has 0 amide bonds. The SMILES string of the molecule is CCCCCCCCCCCC/C(=N/O)C1=CC(=O)c2c(OC)ccc(OC)c2C1=O. The maximum Gasteiger partial charge on any atom is 0.199 e. The topological polar surface area (TPSA) is 85.2 Å². The molecule has 1 aromatic rings. The minimum atomic E-state index is -0.384. The summed E-state index contributed by atoms with van der Waals surface area (Å²) in [6.45, 7) is 2.23. The van der Waals surface area contributed by atoms with Gasteiger partial charge in [-0.1, -0.05) is 69.9 Å². The van der Waals surface area contributed by atoms with Crippen LogP contribution in [0.4, 0.5) is 0 Å². The molecule has 0 unspecified atom stereocenters. The number of unbranched alkanes of at least 4 members (excludes halogenated alkanes) is 9. The maximum absolute atomic E-state index is 13.1. The number of benzene rings is 1. The second kappa shape index (κ2) is 12.9. The van der Waals surface area contributed by atoms with Crippen molar-refractivity contribution in [1.82, 2.24) is 0 Å². The van der Waals surface area contributed by atoms with E-state index in [2.05, 4.69) is 12.1 Å². The van der Waals surface area contributed by atoms with E-state index < -0.39 is 0 Å². The summed E-state index contributed by atoms with van der Waals surface area (Å²) in [5, 5.41) is 12.9. The average Bonchev–Trinajstić information content (AvgIpc) is 2.79. The number of Topliss-reactive ketones (excluding diaryl/α,β-unsaturated/α-hetero) is 1. The average molecular weight is 430 g/mol. The van der Waals surface area contributed by atoms with Crippen LogP contribution in [0, 0.1) is 0 Å². The van der Waals surface area contributed by atoms with Crippen LogP contribution in [0.2, 0.25) is 0 Å². The lowest BCUT2D eigenvalue weighted by Crippen LogP contribution is -2.23. The summed E-state index contributed by atoms with van der Waals surface area (Å²) >= 11 is 0. The third kappa shape index (κ3) is 6.42. The van der Waals surface area contributed by atoms with Gasteiger partial charge in [-0.15, -0.1) is 0 Å². The Morgan fingerprint density at radius 2 is 1.35 bits per heavy atom. The van der Waals surface area contributed by atoms with Crippen LogP contribution in [0.15, 0.2) is 28.9 Å². The largest absolute Gasteiger partial charge is 0.496 e. The number of methoxy groups -OCH3 is 2. The van der Waals surface area contributed by atoms with Crippen LogP contribution < -0.4 is 9.47 Å². The predicted octanol–water partition coefficient (Wildman–Crippen LogP) is 6.15. The van der Waals surface area contributed by atoms with E-state index in [-0.39, 0.29) is 34.0 Å². The van der Waals surface area contributed by atoms with Crippen LogP contribution in [0.1, 0.15) is 98.3 Å². The lowest BCUT2D eigenvalue weighted by atomic mass is 9.85. The quantitative estimate of drug-likeness (QED) is 0.166. The molecule has 0 aromatic heterocycles. The fourth-order valence-electron chi connectivity index (χ4n) is 4.01. The van der Waals surface area contributed by atoms with E-state index in [0.717, 1.165) is 19.3 Å². The lowest BCUT2D eigenvalue weighted by molar-refractivity contribution is 0.0983. The summed E-state index contributed by atoms with van der Waals surface area (Å²) in [6.07, 6.45) is 13.6. The van der Waals surface area contributed by atoms with Gasteiger partial charge in [0.25, 0.3) is 0 Å². The van der Waals surface area contributed by atoms with E-state index >= 15 is 0 Å². The van der Waals surface area contributed by atoms with Gasteiger partial charge in [0.2, 0.25) is 0 Å². The molecule has 0 fully saturated rings. The first-order valence-electron chi connectivity index (χ1n) is 11.4. The standard InChI is InChI=1S/C25H35NO5/c1-4-5-6-7-8-9-10-11-12-13-14-19(26-29)18-17-20(27)23-21(30-2)15-16-22(31-3)24(23)25(18)28/h15-17,29H,4-14H2,1-3H3/b26-19-. The highest BCUT2D eigenvalue weighted by molar-refractivity contribution is 6.37. The van der Waals surface area contributed by atoms with E-state index in [1.807, 2.05) is 0 Å². The Balaban J connectivity index is 1.94. The van der Waals surface area contributed by atoms with Crippen molar-refractivity contribution in [2.24, 2.45) is 5.16 Å². The van der Waals surface area contributed by atoms with Crippen molar-refractivity contribution in [2.75, 3.05) is 14.2 Å². The number of ketones is 2. The summed E-state index contributed by atoms with van der Waals surface area (Å²) in [5.41, 5.74) is 0.719. The molecule has 31 heavy (non-hydrogen) atoms. The molecule has 0 spiro atoms. The van der Waals surface area contributed by atoms with Gasteiger partial charge in [-0.05, 0) is 31.1 Å². The summed E-state index contributed by atoms with van der Waals surface area (Å²) in [7, 11) is 2.90. The summed E-state index contributed by atoms with van der Waals surface area (Å²) in [6, 6.07) is 3.20. The number of ether oxygens (including phenoxy) is 2. The molecule has 6 nitrogen and oxygen atoms in total. The number of nitrogens with zero attached hydrogens (tertiary/aromatic N) is 1. The van der Waals surface area contributed by atoms with Crippen LogP contribution in [-0.2, 0) is 0 Å². The lowest BCUT2D eigenvalue weighted by Gasteiger charge is -2.20. The smallest absolute Gasteiger partial charge is 0.199 e. The Kier molecular flexibility index (Phi) is 10.3. The molecule has 1 aromatic carbocycles. The zero-order valence-electron chi connectivity index (χ0n) is 19.0. The minimum Gasteiger partial charge on any atom is -0.496 e. The third-order valence-electron chi connectivity index (χ3n) is 5.76. The Labute approximate surface area is 185 Å². The van der Waals surface area contributed by atoms with Gasteiger partial charge in [0, 0.05) is 0 Å². The number of carbonyl (C=O) groups excluding carboxylic acids is 2. The molecule has 0 heterocycles. The number of hydrogen-bond acceptors (Lipinski definition) is 6. The predicted molar refractivity (Wildman–Crippen MR) is 122 cm³/mol. The first-order chi connectivity index (χ1) is 15.1. The highest BCUT2D eigenvalue weighted by atomic mass is 16.5. The van der Waals surface area contributed by atoms with Gasteiger partial charge in [-0.3, -0.25) is 9.59 Å². The Morgan fingerprint density at radius 3 is 1.87 bits per heavy atom. The van der Waals surface area contributed by atoms with Crippen LogP contribution in [0.3, 0.4) is 0 Å². The zero-order chi connectivity index (χ0) is 22.6. The molecule has 1 aliphatic carbocycles. The van der Waals surface area contributed by atoms with Crippen molar-refractivity contribution >= 4 is 17.3 Å². The number of carbonyl (C=O) groups is 2. The molecule has 1 N–H and O–H groups in total. The second-order valence-corrected chi connectivity index (χ2v) is 7.95. The monoisotopic (exact) mass is 429 g/mol. The number of hydrogen-bond donors (Lipinski definition) is 1. The molecule has 2 rings (SSSR count). The fraction of sp³-hybridized carbons (Fsp3) is 0.560. The molecular weight excluding hydrogens is 394 g/mol. The zero-order valence-corrected chi connectivity index (χ0v) is 19.0. The normalized spacial score (nSPS) is 13.8. The van der Waals surface area contributed by atoms with Crippen LogP contribution in [0.25, 0.3) is 0 Å². The minimum absolute atomic E-state index is 0.127. The van der Waals surface area contributed by atoms with E-state index in [9.17, 15) is 14.8 Å². The summed E-state index contributed by atoms with van der Waals surface area (Å²) < 4.78 is 10.6. The fourth-order valence-corrected chi connectivity index (χ4v) is 4.01. The van der Waals surface area contributed by atoms with E-state index in [1.165, 1.54) is 65.2 Å². The van der Waals surface area contributed by atoms with Crippen LogP contribution in [0.5, 0.6) is 11.5 Å². The highest BCUT2D eigenvalue weighted by Gasteiger charge is 2.33. The number of oxime groups is 1. The molecule has 170 valence electrons. The maximum atomic E-state index is 13.1.